The van der Waals surface area contributed by atoms with Gasteiger partial charge in [-0.05, 0) is 96.8 Å². The molecule has 1 N–H and O–H groups in total. The summed E-state index contributed by atoms with van der Waals surface area (Å²) < 4.78 is 40.5. The van der Waals surface area contributed by atoms with Crippen LogP contribution in [-0.4, -0.2) is 88.5 Å². The SMILES string of the molecule is COc1ccc(CO[C@H](C#C[Si](C)(C)C)[C@@H](C)CC(O)C[C@H](C)[C@@H]2O[C@H](CO[Si](C)(C)C(C)(C)C)[C@H](O[Si](C)(C)C(C)(C)C)C[C@@H]2O[Si](C)(C)C(C)(C)C)cc1. The average molecular weight is 852 g/mol. The molecule has 0 aromatic heterocycles. The van der Waals surface area contributed by atoms with Gasteiger partial charge in [0.1, 0.15) is 26.0 Å². The normalized spacial score (nSPS) is 22.8. The van der Waals surface area contributed by atoms with Crippen LogP contribution in [0.2, 0.25) is 74.0 Å². The summed E-state index contributed by atoms with van der Waals surface area (Å²) in [6.07, 6.45) is 0.328. The Morgan fingerprint density at radius 3 is 1.71 bits per heavy atom. The van der Waals surface area contributed by atoms with Gasteiger partial charge in [0, 0.05) is 6.42 Å². The zero-order valence-corrected chi connectivity index (χ0v) is 43.9. The lowest BCUT2D eigenvalue weighted by Crippen LogP contribution is -2.60. The van der Waals surface area contributed by atoms with Crippen molar-refractivity contribution in [3.63, 3.8) is 0 Å². The maximum absolute atomic E-state index is 11.8. The molecule has 0 spiro atoms. The first-order valence-electron chi connectivity index (χ1n) is 21.3. The standard InChI is InChI=1S/C45H86O7Si4/c1-33(38(26-27-53(13,14)15)48-31-35-22-24-37(47-12)25-23-35)28-36(46)29-34(2)42-40(52-56(20,21)45(9,10)11)30-39(51-55(18,19)44(6,7)8)41(50-42)32-49-54(16,17)43(3,4)5/h22-25,33-34,36,38-42,46H,28-32H2,1-21H3/t33-,34-,36?,38+,39+,40-,41+,42-/m0/s1. The van der Waals surface area contributed by atoms with Gasteiger partial charge in [-0.25, -0.2) is 0 Å². The van der Waals surface area contributed by atoms with Crippen LogP contribution in [0.4, 0.5) is 0 Å². The Morgan fingerprint density at radius 2 is 1.25 bits per heavy atom. The fourth-order valence-corrected chi connectivity index (χ4v) is 10.4. The van der Waals surface area contributed by atoms with E-state index in [0.717, 1.165) is 17.7 Å². The van der Waals surface area contributed by atoms with Gasteiger partial charge >= 0.3 is 0 Å². The molecular weight excluding hydrogens is 765 g/mol. The van der Waals surface area contributed by atoms with E-state index in [-0.39, 0.29) is 57.5 Å². The van der Waals surface area contributed by atoms with Gasteiger partial charge in [-0.15, -0.1) is 5.54 Å². The number of ether oxygens (including phenoxy) is 3. The Hall–Kier alpha value is -0.792. The summed E-state index contributed by atoms with van der Waals surface area (Å²) in [4.78, 5) is 0. The Bertz CT molecular complexity index is 1410. The van der Waals surface area contributed by atoms with Gasteiger partial charge in [-0.1, -0.05) is 114 Å². The lowest BCUT2D eigenvalue weighted by Gasteiger charge is -2.51. The third-order valence-electron chi connectivity index (χ3n) is 13.0. The number of hydrogen-bond acceptors (Lipinski definition) is 7. The topological polar surface area (TPSA) is 75.6 Å². The monoisotopic (exact) mass is 851 g/mol. The molecule has 1 aliphatic rings. The number of aliphatic hydroxyl groups excluding tert-OH is 1. The fourth-order valence-electron chi connectivity index (χ4n) is 6.15. The molecule has 7 nitrogen and oxygen atoms in total. The smallest absolute Gasteiger partial charge is 0.192 e. The predicted molar refractivity (Wildman–Crippen MR) is 247 cm³/mol. The van der Waals surface area contributed by atoms with E-state index in [1.165, 1.54) is 0 Å². The van der Waals surface area contributed by atoms with Gasteiger partial charge in [-0.3, -0.25) is 0 Å². The van der Waals surface area contributed by atoms with Crippen molar-refractivity contribution in [2.45, 2.75) is 213 Å². The Balaban J connectivity index is 2.43. The first-order chi connectivity index (χ1) is 25.2. The summed E-state index contributed by atoms with van der Waals surface area (Å²) >= 11 is 0. The summed E-state index contributed by atoms with van der Waals surface area (Å²) in [6.45, 7) is 46.6. The zero-order valence-electron chi connectivity index (χ0n) is 39.9. The van der Waals surface area contributed by atoms with Crippen LogP contribution in [0.1, 0.15) is 101 Å². The van der Waals surface area contributed by atoms with Crippen molar-refractivity contribution >= 4 is 33.0 Å². The van der Waals surface area contributed by atoms with E-state index in [4.69, 9.17) is 27.5 Å². The van der Waals surface area contributed by atoms with Gasteiger partial charge < -0.3 is 32.6 Å². The second-order valence-electron chi connectivity index (χ2n) is 22.5. The van der Waals surface area contributed by atoms with Gasteiger partial charge in [0.25, 0.3) is 0 Å². The average Bonchev–Trinajstić information content (AvgIpc) is 3.02. The Kier molecular flexibility index (Phi) is 18.1. The minimum absolute atomic E-state index is 0.0268. The van der Waals surface area contributed by atoms with Crippen molar-refractivity contribution in [3.05, 3.63) is 29.8 Å². The second kappa shape index (κ2) is 19.7. The summed E-state index contributed by atoms with van der Waals surface area (Å²) in [5, 5.41) is 12.0. The van der Waals surface area contributed by atoms with Crippen LogP contribution in [0.15, 0.2) is 24.3 Å². The molecule has 1 aromatic carbocycles. The van der Waals surface area contributed by atoms with E-state index < -0.39 is 39.1 Å². The van der Waals surface area contributed by atoms with Crippen molar-refractivity contribution in [1.29, 1.82) is 0 Å². The van der Waals surface area contributed by atoms with Crippen LogP contribution >= 0.6 is 0 Å². The first kappa shape index (κ1) is 51.3. The van der Waals surface area contributed by atoms with Crippen molar-refractivity contribution in [1.82, 2.24) is 0 Å². The van der Waals surface area contributed by atoms with E-state index in [9.17, 15) is 5.11 Å². The predicted octanol–water partition coefficient (Wildman–Crippen LogP) is 11.8. The van der Waals surface area contributed by atoms with Gasteiger partial charge in [0.05, 0.1) is 44.7 Å². The number of methoxy groups -OCH3 is 1. The van der Waals surface area contributed by atoms with Crippen molar-refractivity contribution in [3.8, 4) is 17.2 Å². The lowest BCUT2D eigenvalue weighted by molar-refractivity contribution is -0.187. The van der Waals surface area contributed by atoms with E-state index in [0.29, 0.717) is 26.1 Å². The molecule has 0 radical (unpaired) electrons. The number of rotatable bonds is 17. The Labute approximate surface area is 349 Å². The van der Waals surface area contributed by atoms with E-state index in [1.807, 2.05) is 24.3 Å². The highest BCUT2D eigenvalue weighted by Crippen LogP contribution is 2.44. The number of aliphatic hydroxyl groups is 1. The molecule has 1 heterocycles. The van der Waals surface area contributed by atoms with Crippen LogP contribution in [0, 0.1) is 23.3 Å². The molecule has 1 unspecified atom stereocenters. The zero-order chi connectivity index (χ0) is 43.3. The number of benzene rings is 1. The van der Waals surface area contributed by atoms with Gasteiger partial charge in [0.2, 0.25) is 0 Å². The molecule has 2 rings (SSSR count). The molecule has 0 aliphatic carbocycles. The van der Waals surface area contributed by atoms with Crippen LogP contribution in [0.5, 0.6) is 5.75 Å². The molecule has 1 fully saturated rings. The van der Waals surface area contributed by atoms with E-state index >= 15 is 0 Å². The molecule has 8 atom stereocenters. The molecule has 11 heteroatoms. The fraction of sp³-hybridized carbons (Fsp3) is 0.822. The second-order valence-corrected chi connectivity index (χ2v) is 41.5. The molecule has 56 heavy (non-hydrogen) atoms. The molecule has 1 aliphatic heterocycles. The molecule has 0 amide bonds. The van der Waals surface area contributed by atoms with Gasteiger partial charge in [0.15, 0.2) is 25.0 Å². The third kappa shape index (κ3) is 15.3. The first-order valence-corrected chi connectivity index (χ1v) is 33.5. The molecular formula is C45H86O7Si4. The molecule has 0 bridgehead atoms. The number of hydrogen-bond donors (Lipinski definition) is 1. The van der Waals surface area contributed by atoms with Crippen molar-refractivity contribution in [2.24, 2.45) is 11.8 Å². The molecule has 0 saturated carbocycles. The summed E-state index contributed by atoms with van der Waals surface area (Å²) in [6, 6.07) is 7.97. The van der Waals surface area contributed by atoms with Crippen LogP contribution in [0.25, 0.3) is 0 Å². The van der Waals surface area contributed by atoms with Crippen molar-refractivity contribution in [2.75, 3.05) is 13.7 Å². The lowest BCUT2D eigenvalue weighted by atomic mass is 9.85. The van der Waals surface area contributed by atoms with E-state index in [1.54, 1.807) is 7.11 Å². The minimum atomic E-state index is -2.20. The van der Waals surface area contributed by atoms with Crippen LogP contribution in [-0.2, 0) is 29.4 Å². The highest BCUT2D eigenvalue weighted by Gasteiger charge is 2.50. The van der Waals surface area contributed by atoms with E-state index in [2.05, 4.69) is 147 Å². The summed E-state index contributed by atoms with van der Waals surface area (Å²) in [5.74, 6) is 4.37. The third-order valence-corrected chi connectivity index (χ3v) is 27.4. The largest absolute Gasteiger partial charge is 0.497 e. The molecule has 1 saturated heterocycles. The van der Waals surface area contributed by atoms with Crippen LogP contribution in [0.3, 0.4) is 0 Å². The maximum atomic E-state index is 11.8. The van der Waals surface area contributed by atoms with Crippen LogP contribution < -0.4 is 4.74 Å². The Morgan fingerprint density at radius 1 is 0.750 bits per heavy atom. The van der Waals surface area contributed by atoms with Gasteiger partial charge in [-0.2, -0.15) is 0 Å². The quantitative estimate of drug-likeness (QED) is 0.124. The summed E-state index contributed by atoms with van der Waals surface area (Å²) in [5.41, 5.74) is 4.61. The minimum Gasteiger partial charge on any atom is -0.497 e. The van der Waals surface area contributed by atoms with Crippen molar-refractivity contribution < 1.29 is 32.6 Å². The highest BCUT2D eigenvalue weighted by molar-refractivity contribution is 6.83. The summed E-state index contributed by atoms with van der Waals surface area (Å²) in [7, 11) is -6.39. The molecule has 1 aromatic rings. The highest BCUT2D eigenvalue weighted by atomic mass is 28.4. The molecule has 324 valence electrons. The maximum Gasteiger partial charge on any atom is 0.192 e.